The Morgan fingerprint density at radius 2 is 1.58 bits per heavy atom. The largest absolute Gasteiger partial charge is 0.482 e. The number of carbonyl (C=O) groups is 2. The van der Waals surface area contributed by atoms with Crippen LogP contribution in [-0.2, 0) is 17.1 Å². The molecular weight excluding hydrogens is 430 g/mol. The van der Waals surface area contributed by atoms with E-state index >= 15 is 0 Å². The lowest BCUT2D eigenvalue weighted by atomic mass is 10.0. The van der Waals surface area contributed by atoms with Crippen molar-refractivity contribution < 1.29 is 40.7 Å². The maximum atomic E-state index is 13.0. The van der Waals surface area contributed by atoms with Gasteiger partial charge in [0.2, 0.25) is 0 Å². The number of rotatable bonds is 3. The second kappa shape index (κ2) is 7.78. The standard InChI is InChI=1S/C20H16F6N2O3/c1-10(2)28-15-8-14(3-4-16(15)31-9-17(28)29)27-18(30)11-5-12(19(21,22)23)7-13(6-11)20(24,25)26/h3-8,10H,9H2,1-2H3,(H,27,30). The van der Waals surface area contributed by atoms with E-state index in [0.717, 1.165) is 0 Å². The van der Waals surface area contributed by atoms with Crippen molar-refractivity contribution in [1.29, 1.82) is 0 Å². The summed E-state index contributed by atoms with van der Waals surface area (Å²) in [5, 5.41) is 2.27. The van der Waals surface area contributed by atoms with Crippen molar-refractivity contribution in [3.05, 3.63) is 53.1 Å². The number of benzene rings is 2. The van der Waals surface area contributed by atoms with Crippen LogP contribution in [0.1, 0.15) is 35.3 Å². The summed E-state index contributed by atoms with van der Waals surface area (Å²) in [7, 11) is 0. The minimum Gasteiger partial charge on any atom is -0.482 e. The first-order valence-corrected chi connectivity index (χ1v) is 8.97. The van der Waals surface area contributed by atoms with Crippen molar-refractivity contribution in [3.63, 3.8) is 0 Å². The molecule has 11 heteroatoms. The predicted octanol–water partition coefficient (Wildman–Crippen LogP) is 5.11. The van der Waals surface area contributed by atoms with E-state index in [0.29, 0.717) is 23.6 Å². The van der Waals surface area contributed by atoms with Crippen molar-refractivity contribution in [1.82, 2.24) is 0 Å². The highest BCUT2D eigenvalue weighted by Crippen LogP contribution is 2.38. The molecule has 31 heavy (non-hydrogen) atoms. The normalized spacial score (nSPS) is 14.4. The number of nitrogens with one attached hydrogen (secondary N) is 1. The molecular formula is C20H16F6N2O3. The SMILES string of the molecule is CC(C)N1C(=O)COc2ccc(NC(=O)c3cc(C(F)(F)F)cc(C(F)(F)F)c3)cc21. The van der Waals surface area contributed by atoms with E-state index in [4.69, 9.17) is 4.74 Å². The number of fused-ring (bicyclic) bond motifs is 1. The molecule has 2 amide bonds. The van der Waals surface area contributed by atoms with Gasteiger partial charge in [0.15, 0.2) is 6.61 Å². The number of carbonyl (C=O) groups excluding carboxylic acids is 2. The summed E-state index contributed by atoms with van der Waals surface area (Å²) in [6, 6.07) is 4.55. The number of halogens is 6. The van der Waals surface area contributed by atoms with Gasteiger partial charge in [0, 0.05) is 17.3 Å². The van der Waals surface area contributed by atoms with Gasteiger partial charge in [-0.15, -0.1) is 0 Å². The Morgan fingerprint density at radius 3 is 2.10 bits per heavy atom. The number of anilines is 2. The third-order valence-corrected chi connectivity index (χ3v) is 4.46. The second-order valence-electron chi connectivity index (χ2n) is 7.08. The lowest BCUT2D eigenvalue weighted by Gasteiger charge is -2.32. The van der Waals surface area contributed by atoms with Crippen LogP contribution in [0.2, 0.25) is 0 Å². The Bertz CT molecular complexity index is 998. The molecule has 1 aliphatic rings. The third-order valence-electron chi connectivity index (χ3n) is 4.46. The molecule has 166 valence electrons. The second-order valence-corrected chi connectivity index (χ2v) is 7.08. The van der Waals surface area contributed by atoms with Crippen LogP contribution in [0.5, 0.6) is 5.75 Å². The first-order valence-electron chi connectivity index (χ1n) is 8.97. The molecule has 2 aromatic rings. The van der Waals surface area contributed by atoms with E-state index in [2.05, 4.69) is 5.32 Å². The van der Waals surface area contributed by atoms with E-state index in [9.17, 15) is 35.9 Å². The monoisotopic (exact) mass is 446 g/mol. The first-order chi connectivity index (χ1) is 14.3. The fourth-order valence-corrected chi connectivity index (χ4v) is 3.10. The highest BCUT2D eigenvalue weighted by molar-refractivity contribution is 6.05. The van der Waals surface area contributed by atoms with Gasteiger partial charge in [-0.25, -0.2) is 0 Å². The highest BCUT2D eigenvalue weighted by atomic mass is 19.4. The summed E-state index contributed by atoms with van der Waals surface area (Å²) in [5.41, 5.74) is -3.61. The summed E-state index contributed by atoms with van der Waals surface area (Å²) in [6.07, 6.45) is -10.1. The zero-order valence-corrected chi connectivity index (χ0v) is 16.2. The molecule has 3 rings (SSSR count). The number of hydrogen-bond acceptors (Lipinski definition) is 3. The Hall–Kier alpha value is -3.24. The minimum absolute atomic E-state index is 0.0564. The molecule has 1 aliphatic heterocycles. The van der Waals surface area contributed by atoms with Gasteiger partial charge in [-0.05, 0) is 50.2 Å². The predicted molar refractivity (Wildman–Crippen MR) is 99.0 cm³/mol. The van der Waals surface area contributed by atoms with Crippen molar-refractivity contribution in [3.8, 4) is 5.75 Å². The van der Waals surface area contributed by atoms with Crippen LogP contribution < -0.4 is 15.0 Å². The van der Waals surface area contributed by atoms with Gasteiger partial charge in [0.05, 0.1) is 16.8 Å². The molecule has 0 aromatic heterocycles. The number of ether oxygens (including phenoxy) is 1. The van der Waals surface area contributed by atoms with Gasteiger partial charge in [0.25, 0.3) is 11.8 Å². The van der Waals surface area contributed by atoms with Crippen molar-refractivity contribution in [2.75, 3.05) is 16.8 Å². The molecule has 0 fully saturated rings. The van der Waals surface area contributed by atoms with E-state index in [1.54, 1.807) is 13.8 Å². The zero-order valence-electron chi connectivity index (χ0n) is 16.2. The molecule has 0 saturated carbocycles. The molecule has 0 atom stereocenters. The lowest BCUT2D eigenvalue weighted by Crippen LogP contribution is -2.43. The highest BCUT2D eigenvalue weighted by Gasteiger charge is 2.37. The van der Waals surface area contributed by atoms with Crippen LogP contribution in [0.3, 0.4) is 0 Å². The quantitative estimate of drug-likeness (QED) is 0.667. The van der Waals surface area contributed by atoms with E-state index in [-0.39, 0.29) is 30.3 Å². The van der Waals surface area contributed by atoms with Crippen molar-refractivity contribution >= 4 is 23.2 Å². The van der Waals surface area contributed by atoms with Gasteiger partial charge in [-0.1, -0.05) is 0 Å². The molecule has 1 heterocycles. The molecule has 0 radical (unpaired) electrons. The molecule has 0 unspecified atom stereocenters. The lowest BCUT2D eigenvalue weighted by molar-refractivity contribution is -0.143. The van der Waals surface area contributed by atoms with Crippen molar-refractivity contribution in [2.24, 2.45) is 0 Å². The fraction of sp³-hybridized carbons (Fsp3) is 0.300. The number of nitrogens with zero attached hydrogens (tertiary/aromatic N) is 1. The van der Waals surface area contributed by atoms with Crippen LogP contribution in [-0.4, -0.2) is 24.5 Å². The van der Waals surface area contributed by atoms with Gasteiger partial charge >= 0.3 is 12.4 Å². The average molecular weight is 446 g/mol. The Balaban J connectivity index is 1.96. The van der Waals surface area contributed by atoms with E-state index in [1.165, 1.54) is 23.1 Å². The number of alkyl halides is 6. The molecule has 0 bridgehead atoms. The minimum atomic E-state index is -5.07. The summed E-state index contributed by atoms with van der Waals surface area (Å²) < 4.78 is 83.4. The van der Waals surface area contributed by atoms with E-state index < -0.39 is 35.0 Å². The molecule has 5 nitrogen and oxygen atoms in total. The van der Waals surface area contributed by atoms with Gasteiger partial charge in [0.1, 0.15) is 5.75 Å². The van der Waals surface area contributed by atoms with Crippen LogP contribution in [0.4, 0.5) is 37.7 Å². The maximum Gasteiger partial charge on any atom is 0.416 e. The number of amides is 2. The third kappa shape index (κ3) is 4.75. The van der Waals surface area contributed by atoms with Crippen LogP contribution in [0, 0.1) is 0 Å². The first kappa shape index (κ1) is 22.4. The molecule has 1 N–H and O–H groups in total. The molecule has 0 saturated heterocycles. The molecule has 2 aromatic carbocycles. The maximum absolute atomic E-state index is 13.0. The topological polar surface area (TPSA) is 58.6 Å². The Labute approximate surface area is 172 Å². The Kier molecular flexibility index (Phi) is 5.64. The van der Waals surface area contributed by atoms with Crippen LogP contribution >= 0.6 is 0 Å². The van der Waals surface area contributed by atoms with Crippen LogP contribution in [0.15, 0.2) is 36.4 Å². The summed E-state index contributed by atoms with van der Waals surface area (Å²) in [5.74, 6) is -1.15. The number of hydrogen-bond donors (Lipinski definition) is 1. The molecule has 0 aliphatic carbocycles. The van der Waals surface area contributed by atoms with Gasteiger partial charge in [-0.2, -0.15) is 26.3 Å². The van der Waals surface area contributed by atoms with Crippen LogP contribution in [0.25, 0.3) is 0 Å². The summed E-state index contributed by atoms with van der Waals surface area (Å²) in [4.78, 5) is 26.0. The average Bonchev–Trinajstić information content (AvgIpc) is 2.65. The fourth-order valence-electron chi connectivity index (χ4n) is 3.10. The zero-order chi connectivity index (χ0) is 23.1. The van der Waals surface area contributed by atoms with E-state index in [1.807, 2.05) is 0 Å². The Morgan fingerprint density at radius 1 is 1.00 bits per heavy atom. The van der Waals surface area contributed by atoms with Gasteiger partial charge in [-0.3, -0.25) is 9.59 Å². The smallest absolute Gasteiger partial charge is 0.416 e. The summed E-state index contributed by atoms with van der Waals surface area (Å²) >= 11 is 0. The molecule has 0 spiro atoms. The van der Waals surface area contributed by atoms with Gasteiger partial charge < -0.3 is 15.0 Å². The summed E-state index contributed by atoms with van der Waals surface area (Å²) in [6.45, 7) is 3.32. The van der Waals surface area contributed by atoms with Crippen molar-refractivity contribution in [2.45, 2.75) is 32.2 Å².